The smallest absolute Gasteiger partial charge is 0.191 e. The quantitative estimate of drug-likeness (QED) is 0.567. The lowest BCUT2D eigenvalue weighted by molar-refractivity contribution is 0.591. The highest BCUT2D eigenvalue weighted by atomic mass is 19.1. The number of pyridine rings is 1. The summed E-state index contributed by atoms with van der Waals surface area (Å²) in [4.78, 5) is 13.5. The molecule has 0 aliphatic carbocycles. The first kappa shape index (κ1) is 20.4. The van der Waals surface area contributed by atoms with Crippen molar-refractivity contribution in [3.8, 4) is 0 Å². The van der Waals surface area contributed by atoms with Gasteiger partial charge >= 0.3 is 0 Å². The van der Waals surface area contributed by atoms with Crippen molar-refractivity contribution in [2.45, 2.75) is 25.8 Å². The minimum Gasteiger partial charge on any atom is -0.371 e. The van der Waals surface area contributed by atoms with Crippen molar-refractivity contribution in [1.82, 2.24) is 15.6 Å². The van der Waals surface area contributed by atoms with Crippen LogP contribution in [-0.4, -0.2) is 56.3 Å². The van der Waals surface area contributed by atoms with Gasteiger partial charge in [-0.15, -0.1) is 0 Å². The van der Waals surface area contributed by atoms with Crippen molar-refractivity contribution < 1.29 is 4.39 Å². The predicted octanol–water partition coefficient (Wildman–Crippen LogP) is 2.88. The Kier molecular flexibility index (Phi) is 6.67. The Hall–Kier alpha value is -2.83. The maximum atomic E-state index is 14.0. The molecule has 1 aromatic heterocycles. The van der Waals surface area contributed by atoms with Crippen LogP contribution in [0.4, 0.5) is 15.9 Å². The van der Waals surface area contributed by atoms with Crippen LogP contribution in [0.5, 0.6) is 0 Å². The molecular formula is C23H31FN6. The largest absolute Gasteiger partial charge is 0.371 e. The molecule has 7 heteroatoms. The topological polar surface area (TPSA) is 55.8 Å². The van der Waals surface area contributed by atoms with Gasteiger partial charge in [-0.25, -0.2) is 9.37 Å². The molecule has 2 aromatic rings. The second kappa shape index (κ2) is 9.78. The second-order valence-electron chi connectivity index (χ2n) is 8.04. The van der Waals surface area contributed by atoms with Crippen LogP contribution in [0.15, 0.2) is 53.7 Å². The van der Waals surface area contributed by atoms with E-state index < -0.39 is 0 Å². The Morgan fingerprint density at radius 2 is 1.93 bits per heavy atom. The number of hydrogen-bond donors (Lipinski definition) is 2. The van der Waals surface area contributed by atoms with E-state index in [1.807, 2.05) is 4.90 Å². The molecule has 0 bridgehead atoms. The summed E-state index contributed by atoms with van der Waals surface area (Å²) in [7, 11) is 0. The number of rotatable bonds is 6. The monoisotopic (exact) mass is 410 g/mol. The van der Waals surface area contributed by atoms with Gasteiger partial charge < -0.3 is 20.4 Å². The molecule has 2 unspecified atom stereocenters. The molecule has 0 spiro atoms. The predicted molar refractivity (Wildman–Crippen MR) is 121 cm³/mol. The maximum Gasteiger partial charge on any atom is 0.191 e. The van der Waals surface area contributed by atoms with E-state index in [0.717, 1.165) is 58.1 Å². The van der Waals surface area contributed by atoms with Gasteiger partial charge in [0.1, 0.15) is 0 Å². The average molecular weight is 411 g/mol. The number of benzene rings is 1. The molecule has 0 saturated carbocycles. The Morgan fingerprint density at radius 3 is 2.73 bits per heavy atom. The summed E-state index contributed by atoms with van der Waals surface area (Å²) < 4.78 is 14.0. The molecule has 4 rings (SSSR count). The SMILES string of the molecule is CCNC(=NCC1CCN(c2ccccc2)C1)NC1CCN(c2ncccc2F)C1. The highest BCUT2D eigenvalue weighted by Crippen LogP contribution is 2.24. The number of hydrogen-bond acceptors (Lipinski definition) is 4. The van der Waals surface area contributed by atoms with Gasteiger partial charge in [0.15, 0.2) is 17.6 Å². The standard InChI is InChI=1S/C23H31FN6/c1-2-25-23(27-15-18-10-13-29(16-18)20-7-4-3-5-8-20)28-19-11-14-30(17-19)22-21(24)9-6-12-26-22/h3-9,12,18-19H,2,10-11,13-17H2,1H3,(H2,25,27,28). The number of aliphatic imine (C=N–C) groups is 1. The van der Waals surface area contributed by atoms with Crippen molar-refractivity contribution in [3.05, 3.63) is 54.5 Å². The van der Waals surface area contributed by atoms with E-state index in [1.54, 1.807) is 12.3 Å². The molecule has 2 N–H and O–H groups in total. The summed E-state index contributed by atoms with van der Waals surface area (Å²) in [5, 5.41) is 6.90. The van der Waals surface area contributed by atoms with E-state index in [9.17, 15) is 4.39 Å². The fraction of sp³-hybridized carbons (Fsp3) is 0.478. The van der Waals surface area contributed by atoms with Gasteiger partial charge in [0.2, 0.25) is 0 Å². The first-order chi connectivity index (χ1) is 14.7. The van der Waals surface area contributed by atoms with E-state index in [4.69, 9.17) is 4.99 Å². The molecular weight excluding hydrogens is 379 g/mol. The third-order valence-electron chi connectivity index (χ3n) is 5.83. The molecule has 0 amide bonds. The molecule has 0 radical (unpaired) electrons. The van der Waals surface area contributed by atoms with Crippen LogP contribution in [0.3, 0.4) is 0 Å². The molecule has 6 nitrogen and oxygen atoms in total. The normalized spacial score (nSPS) is 21.9. The lowest BCUT2D eigenvalue weighted by Crippen LogP contribution is -2.45. The minimum absolute atomic E-state index is 0.230. The van der Waals surface area contributed by atoms with Gasteiger partial charge in [-0.05, 0) is 49.9 Å². The second-order valence-corrected chi connectivity index (χ2v) is 8.04. The number of para-hydroxylation sites is 1. The molecule has 2 aliphatic heterocycles. The molecule has 2 fully saturated rings. The summed E-state index contributed by atoms with van der Waals surface area (Å²) in [6.07, 6.45) is 3.74. The Labute approximate surface area is 178 Å². The average Bonchev–Trinajstić information content (AvgIpc) is 3.43. The number of aromatic nitrogens is 1. The van der Waals surface area contributed by atoms with E-state index >= 15 is 0 Å². The van der Waals surface area contributed by atoms with E-state index in [1.165, 1.54) is 11.8 Å². The Balaban J connectivity index is 1.31. The minimum atomic E-state index is -0.261. The molecule has 2 aliphatic rings. The number of anilines is 2. The van der Waals surface area contributed by atoms with Crippen LogP contribution >= 0.6 is 0 Å². The van der Waals surface area contributed by atoms with E-state index in [-0.39, 0.29) is 11.9 Å². The molecule has 2 saturated heterocycles. The van der Waals surface area contributed by atoms with Crippen LogP contribution in [0.1, 0.15) is 19.8 Å². The number of nitrogens with zero attached hydrogens (tertiary/aromatic N) is 4. The molecule has 3 heterocycles. The summed E-state index contributed by atoms with van der Waals surface area (Å²) in [6, 6.07) is 13.9. The van der Waals surface area contributed by atoms with Crippen LogP contribution in [-0.2, 0) is 0 Å². The lowest BCUT2D eigenvalue weighted by Gasteiger charge is -2.20. The van der Waals surface area contributed by atoms with Gasteiger partial charge in [0.25, 0.3) is 0 Å². The van der Waals surface area contributed by atoms with Crippen molar-refractivity contribution >= 4 is 17.5 Å². The first-order valence-corrected chi connectivity index (χ1v) is 10.9. The number of guanidine groups is 1. The third-order valence-corrected chi connectivity index (χ3v) is 5.83. The van der Waals surface area contributed by atoms with E-state index in [0.29, 0.717) is 11.7 Å². The van der Waals surface area contributed by atoms with Crippen molar-refractivity contribution in [2.24, 2.45) is 10.9 Å². The van der Waals surface area contributed by atoms with Gasteiger partial charge in [-0.2, -0.15) is 0 Å². The summed E-state index contributed by atoms with van der Waals surface area (Å²) in [5.74, 6) is 1.59. The van der Waals surface area contributed by atoms with Crippen LogP contribution in [0.2, 0.25) is 0 Å². The number of nitrogens with one attached hydrogen (secondary N) is 2. The van der Waals surface area contributed by atoms with Crippen molar-refractivity contribution in [2.75, 3.05) is 49.1 Å². The van der Waals surface area contributed by atoms with Gasteiger partial charge in [0.05, 0.1) is 0 Å². The van der Waals surface area contributed by atoms with Crippen LogP contribution in [0.25, 0.3) is 0 Å². The van der Waals surface area contributed by atoms with Gasteiger partial charge in [-0.1, -0.05) is 18.2 Å². The zero-order valence-corrected chi connectivity index (χ0v) is 17.6. The van der Waals surface area contributed by atoms with Gasteiger partial charge in [-0.3, -0.25) is 4.99 Å². The molecule has 1 aromatic carbocycles. The third kappa shape index (κ3) is 5.01. The zero-order chi connectivity index (χ0) is 20.8. The number of halogens is 1. The first-order valence-electron chi connectivity index (χ1n) is 10.9. The van der Waals surface area contributed by atoms with Crippen molar-refractivity contribution in [1.29, 1.82) is 0 Å². The lowest BCUT2D eigenvalue weighted by atomic mass is 10.1. The summed E-state index contributed by atoms with van der Waals surface area (Å²) in [5.41, 5.74) is 1.29. The van der Waals surface area contributed by atoms with E-state index in [2.05, 4.69) is 57.8 Å². The fourth-order valence-electron chi connectivity index (χ4n) is 4.27. The highest BCUT2D eigenvalue weighted by Gasteiger charge is 2.26. The highest BCUT2D eigenvalue weighted by molar-refractivity contribution is 5.80. The summed E-state index contributed by atoms with van der Waals surface area (Å²) in [6.45, 7) is 7.35. The van der Waals surface area contributed by atoms with Crippen molar-refractivity contribution in [3.63, 3.8) is 0 Å². The van der Waals surface area contributed by atoms with Crippen LogP contribution < -0.4 is 20.4 Å². The van der Waals surface area contributed by atoms with Crippen LogP contribution in [0, 0.1) is 11.7 Å². The molecule has 30 heavy (non-hydrogen) atoms. The zero-order valence-electron chi connectivity index (χ0n) is 17.6. The molecule has 160 valence electrons. The Bertz CT molecular complexity index is 843. The Morgan fingerprint density at radius 1 is 1.10 bits per heavy atom. The molecule has 2 atom stereocenters. The maximum absolute atomic E-state index is 14.0. The summed E-state index contributed by atoms with van der Waals surface area (Å²) >= 11 is 0. The fourth-order valence-corrected chi connectivity index (χ4v) is 4.27. The van der Waals surface area contributed by atoms with Gasteiger partial charge in [0, 0.05) is 57.2 Å².